The van der Waals surface area contributed by atoms with Gasteiger partial charge >= 0.3 is 17.9 Å². The van der Waals surface area contributed by atoms with E-state index in [1.165, 1.54) is 302 Å². The van der Waals surface area contributed by atoms with Crippen LogP contribution in [0.25, 0.3) is 0 Å². The van der Waals surface area contributed by atoms with Gasteiger partial charge in [0.15, 0.2) is 6.10 Å². The Kier molecular flexibility index (Phi) is 67.6. The fourth-order valence-corrected chi connectivity index (χ4v) is 11.2. The van der Waals surface area contributed by atoms with Gasteiger partial charge in [-0.25, -0.2) is 0 Å². The van der Waals surface area contributed by atoms with Crippen molar-refractivity contribution in [2.75, 3.05) is 13.2 Å². The zero-order chi connectivity index (χ0) is 57.8. The maximum atomic E-state index is 12.9. The molecule has 0 aliphatic carbocycles. The SMILES string of the molecule is CCC/C=C\CCCCCCCC(=O)OCC(COC(=O)CCCCCCCCCCCCCCCCCCCCCCC/C=C\CCCCCCCCCC)OC(=O)CCCCCCCCCCCCCCCCCCCCC. The van der Waals surface area contributed by atoms with Crippen LogP contribution in [0.15, 0.2) is 24.3 Å². The topological polar surface area (TPSA) is 78.9 Å². The molecule has 0 radical (unpaired) electrons. The van der Waals surface area contributed by atoms with Crippen LogP contribution in [0.5, 0.6) is 0 Å². The van der Waals surface area contributed by atoms with Crippen molar-refractivity contribution in [1.82, 2.24) is 0 Å². The average molecular weight is 1130 g/mol. The molecule has 0 saturated carbocycles. The summed E-state index contributed by atoms with van der Waals surface area (Å²) >= 11 is 0. The molecule has 472 valence electrons. The standard InChI is InChI=1S/C74H140O6/c1-4-7-10-13-16-19-22-24-26-28-30-31-32-33-34-35-36-37-38-39-40-41-42-43-45-46-48-50-52-55-58-61-64-67-73(76)79-70-71(69-78-72(75)66-63-60-57-54-21-18-15-12-9-6-3)80-74(77)68-65-62-59-56-53-51-49-47-44-29-27-25-23-20-17-14-11-8-5-2/h12,15,28,30,71H,4-11,13-14,16-27,29,31-70H2,1-3H3/b15-12-,30-28-. The Morgan fingerprint density at radius 1 is 0.237 bits per heavy atom. The van der Waals surface area contributed by atoms with Gasteiger partial charge in [-0.1, -0.05) is 353 Å². The molecule has 6 heteroatoms. The normalized spacial score (nSPS) is 12.1. The molecule has 0 spiro atoms. The lowest BCUT2D eigenvalue weighted by Crippen LogP contribution is -2.30. The fraction of sp³-hybridized carbons (Fsp3) is 0.905. The lowest BCUT2D eigenvalue weighted by atomic mass is 10.0. The molecule has 0 aromatic rings. The number of carbonyl (C=O) groups excluding carboxylic acids is 3. The van der Waals surface area contributed by atoms with Gasteiger partial charge < -0.3 is 14.2 Å². The highest BCUT2D eigenvalue weighted by Gasteiger charge is 2.19. The molecule has 80 heavy (non-hydrogen) atoms. The molecule has 0 N–H and O–H groups in total. The molecule has 0 aromatic carbocycles. The maximum Gasteiger partial charge on any atom is 0.306 e. The summed E-state index contributed by atoms with van der Waals surface area (Å²) in [6, 6.07) is 0. The summed E-state index contributed by atoms with van der Waals surface area (Å²) in [6.07, 6.45) is 85.3. The van der Waals surface area contributed by atoms with E-state index in [1.807, 2.05) is 0 Å². The number of ether oxygens (including phenoxy) is 3. The van der Waals surface area contributed by atoms with Gasteiger partial charge in [0.25, 0.3) is 0 Å². The summed E-state index contributed by atoms with van der Waals surface area (Å²) in [5.41, 5.74) is 0. The molecule has 6 nitrogen and oxygen atoms in total. The highest BCUT2D eigenvalue weighted by molar-refractivity contribution is 5.71. The van der Waals surface area contributed by atoms with Crippen molar-refractivity contribution in [3.8, 4) is 0 Å². The third kappa shape index (κ3) is 66.7. The number of hydrogen-bond donors (Lipinski definition) is 0. The van der Waals surface area contributed by atoms with Gasteiger partial charge in [-0.05, 0) is 64.2 Å². The first kappa shape index (κ1) is 77.9. The van der Waals surface area contributed by atoms with Crippen molar-refractivity contribution < 1.29 is 28.6 Å². The minimum atomic E-state index is -0.770. The number of unbranched alkanes of at least 4 members (excludes halogenated alkanes) is 53. The third-order valence-electron chi connectivity index (χ3n) is 16.7. The molecule has 0 rings (SSSR count). The molecule has 1 atom stereocenters. The zero-order valence-electron chi connectivity index (χ0n) is 54.4. The zero-order valence-corrected chi connectivity index (χ0v) is 54.4. The summed E-state index contributed by atoms with van der Waals surface area (Å²) in [5.74, 6) is -0.848. The van der Waals surface area contributed by atoms with Crippen LogP contribution >= 0.6 is 0 Å². The summed E-state index contributed by atoms with van der Waals surface area (Å²) < 4.78 is 16.9. The summed E-state index contributed by atoms with van der Waals surface area (Å²) in [7, 11) is 0. The van der Waals surface area contributed by atoms with E-state index in [9.17, 15) is 14.4 Å². The first-order chi connectivity index (χ1) is 39.5. The Balaban J connectivity index is 4.03. The van der Waals surface area contributed by atoms with Crippen molar-refractivity contribution in [1.29, 1.82) is 0 Å². The predicted octanol–water partition coefficient (Wildman–Crippen LogP) is 25.0. The quantitative estimate of drug-likeness (QED) is 0.0261. The minimum absolute atomic E-state index is 0.0674. The van der Waals surface area contributed by atoms with E-state index in [1.54, 1.807) is 0 Å². The number of esters is 3. The Morgan fingerprint density at radius 3 is 0.675 bits per heavy atom. The second-order valence-corrected chi connectivity index (χ2v) is 24.9. The smallest absolute Gasteiger partial charge is 0.306 e. The molecule has 0 amide bonds. The lowest BCUT2D eigenvalue weighted by molar-refractivity contribution is -0.167. The summed E-state index contributed by atoms with van der Waals surface area (Å²) in [5, 5.41) is 0. The van der Waals surface area contributed by atoms with Crippen LogP contribution in [0.3, 0.4) is 0 Å². The molecule has 0 aromatic heterocycles. The van der Waals surface area contributed by atoms with Crippen LogP contribution in [0.1, 0.15) is 412 Å². The van der Waals surface area contributed by atoms with E-state index in [-0.39, 0.29) is 31.1 Å². The van der Waals surface area contributed by atoms with Gasteiger partial charge in [-0.15, -0.1) is 0 Å². The van der Waals surface area contributed by atoms with Gasteiger partial charge in [0.2, 0.25) is 0 Å². The van der Waals surface area contributed by atoms with Gasteiger partial charge in [0.1, 0.15) is 13.2 Å². The second kappa shape index (κ2) is 69.4. The monoisotopic (exact) mass is 1130 g/mol. The van der Waals surface area contributed by atoms with Gasteiger partial charge in [0, 0.05) is 19.3 Å². The molecule has 0 bridgehead atoms. The molecule has 0 fully saturated rings. The van der Waals surface area contributed by atoms with Crippen molar-refractivity contribution >= 4 is 17.9 Å². The molecule has 0 saturated heterocycles. The van der Waals surface area contributed by atoms with Crippen molar-refractivity contribution in [2.24, 2.45) is 0 Å². The maximum absolute atomic E-state index is 12.9. The predicted molar refractivity (Wildman–Crippen MR) is 349 cm³/mol. The van der Waals surface area contributed by atoms with Crippen molar-refractivity contribution in [3.05, 3.63) is 24.3 Å². The molecule has 0 aliphatic heterocycles. The van der Waals surface area contributed by atoms with Gasteiger partial charge in [0.05, 0.1) is 0 Å². The number of rotatable bonds is 68. The molecule has 0 heterocycles. The molecular weight excluding hydrogens is 985 g/mol. The van der Waals surface area contributed by atoms with E-state index in [0.29, 0.717) is 19.3 Å². The van der Waals surface area contributed by atoms with Crippen molar-refractivity contribution in [2.45, 2.75) is 419 Å². The first-order valence-electron chi connectivity index (χ1n) is 36.3. The van der Waals surface area contributed by atoms with E-state index in [4.69, 9.17) is 14.2 Å². The Hall–Kier alpha value is -2.11. The van der Waals surface area contributed by atoms with Crippen LogP contribution in [0.2, 0.25) is 0 Å². The van der Waals surface area contributed by atoms with E-state index >= 15 is 0 Å². The Bertz CT molecular complexity index is 1290. The minimum Gasteiger partial charge on any atom is -0.462 e. The number of hydrogen-bond acceptors (Lipinski definition) is 6. The van der Waals surface area contributed by atoms with Gasteiger partial charge in [-0.2, -0.15) is 0 Å². The van der Waals surface area contributed by atoms with Crippen LogP contribution in [0, 0.1) is 0 Å². The Morgan fingerprint density at radius 2 is 0.438 bits per heavy atom. The largest absolute Gasteiger partial charge is 0.462 e. The Labute approximate surface area is 500 Å². The van der Waals surface area contributed by atoms with Crippen LogP contribution in [0.4, 0.5) is 0 Å². The van der Waals surface area contributed by atoms with Gasteiger partial charge in [-0.3, -0.25) is 14.4 Å². The van der Waals surface area contributed by atoms with Crippen molar-refractivity contribution in [3.63, 3.8) is 0 Å². The van der Waals surface area contributed by atoms with Crippen LogP contribution < -0.4 is 0 Å². The first-order valence-corrected chi connectivity index (χ1v) is 36.3. The number of carbonyl (C=O) groups is 3. The fourth-order valence-electron chi connectivity index (χ4n) is 11.2. The lowest BCUT2D eigenvalue weighted by Gasteiger charge is -2.18. The van der Waals surface area contributed by atoms with Crippen LogP contribution in [-0.2, 0) is 28.6 Å². The molecule has 0 aliphatic rings. The van der Waals surface area contributed by atoms with E-state index in [0.717, 1.165) is 70.6 Å². The third-order valence-corrected chi connectivity index (χ3v) is 16.7. The molecule has 1 unspecified atom stereocenters. The second-order valence-electron chi connectivity index (χ2n) is 24.9. The van der Waals surface area contributed by atoms with Crippen LogP contribution in [-0.4, -0.2) is 37.2 Å². The number of allylic oxidation sites excluding steroid dienone is 4. The highest BCUT2D eigenvalue weighted by atomic mass is 16.6. The average Bonchev–Trinajstić information content (AvgIpc) is 3.46. The summed E-state index contributed by atoms with van der Waals surface area (Å²) in [6.45, 7) is 6.65. The van der Waals surface area contributed by atoms with E-state index in [2.05, 4.69) is 45.1 Å². The molecular formula is C74H140O6. The van der Waals surface area contributed by atoms with E-state index < -0.39 is 6.10 Å². The summed E-state index contributed by atoms with van der Waals surface area (Å²) in [4.78, 5) is 38.3. The highest BCUT2D eigenvalue weighted by Crippen LogP contribution is 2.19.